The molecule has 0 fully saturated rings. The number of thiophene rings is 1. The lowest BCUT2D eigenvalue weighted by atomic mass is 10.4. The summed E-state index contributed by atoms with van der Waals surface area (Å²) in [5.74, 6) is 0. The molecule has 3 nitrogen and oxygen atoms in total. The summed E-state index contributed by atoms with van der Waals surface area (Å²) in [7, 11) is 0. The topological polar surface area (TPSA) is 41.6 Å². The highest BCUT2D eigenvalue weighted by Crippen LogP contribution is 2.07. The molecule has 0 unspecified atom stereocenters. The number of rotatable bonds is 4. The van der Waals surface area contributed by atoms with Crippen molar-refractivity contribution in [3.63, 3.8) is 0 Å². The lowest BCUT2D eigenvalue weighted by Gasteiger charge is -2.12. The van der Waals surface area contributed by atoms with E-state index in [4.69, 9.17) is 18.0 Å². The number of nitrogens with zero attached hydrogens (tertiary/aromatic N) is 2. The molecule has 5 heteroatoms. The van der Waals surface area contributed by atoms with Crippen LogP contribution in [0.5, 0.6) is 0 Å². The molecule has 0 bridgehead atoms. The highest BCUT2D eigenvalue weighted by Gasteiger charge is 1.98. The molecule has 0 radical (unpaired) electrons. The molecule has 1 heterocycles. The van der Waals surface area contributed by atoms with E-state index in [1.54, 1.807) is 16.3 Å². The number of nitrogens with two attached hydrogens (primary N) is 1. The van der Waals surface area contributed by atoms with Crippen molar-refractivity contribution in [2.75, 3.05) is 6.54 Å². The maximum Gasteiger partial charge on any atom is 0.186 e. The zero-order chi connectivity index (χ0) is 10.4. The summed E-state index contributed by atoms with van der Waals surface area (Å²) in [6.07, 6.45) is 2.66. The Hall–Kier alpha value is -0.940. The van der Waals surface area contributed by atoms with Crippen LogP contribution in [0.2, 0.25) is 0 Å². The molecular weight excluding hydrogens is 214 g/mol. The van der Waals surface area contributed by atoms with Gasteiger partial charge in [0.2, 0.25) is 0 Å². The van der Waals surface area contributed by atoms with Gasteiger partial charge in [-0.25, -0.2) is 5.01 Å². The predicted molar refractivity (Wildman–Crippen MR) is 65.7 cm³/mol. The van der Waals surface area contributed by atoms with Crippen molar-refractivity contribution >= 4 is 34.9 Å². The van der Waals surface area contributed by atoms with Gasteiger partial charge in [0, 0.05) is 24.1 Å². The Morgan fingerprint density at radius 1 is 1.79 bits per heavy atom. The molecule has 0 aliphatic heterocycles. The molecule has 2 N–H and O–H groups in total. The Kier molecular flexibility index (Phi) is 4.55. The van der Waals surface area contributed by atoms with E-state index in [9.17, 15) is 0 Å². The monoisotopic (exact) mass is 227 g/mol. The maximum absolute atomic E-state index is 5.45. The first-order valence-electron chi connectivity index (χ1n) is 4.35. The van der Waals surface area contributed by atoms with Gasteiger partial charge < -0.3 is 5.73 Å². The van der Waals surface area contributed by atoms with Crippen molar-refractivity contribution in [2.24, 2.45) is 10.8 Å². The Bertz CT molecular complexity index is 306. The second-order valence-corrected chi connectivity index (χ2v) is 4.09. The zero-order valence-electron chi connectivity index (χ0n) is 8.01. The average Bonchev–Trinajstić information content (AvgIpc) is 2.64. The van der Waals surface area contributed by atoms with Crippen LogP contribution in [-0.2, 0) is 6.42 Å². The van der Waals surface area contributed by atoms with Crippen molar-refractivity contribution in [1.29, 1.82) is 0 Å². The fraction of sp³-hybridized carbons (Fsp3) is 0.333. The SMILES string of the molecule is CCN(N=CCc1cccs1)C(N)=S. The molecule has 76 valence electrons. The first-order chi connectivity index (χ1) is 6.74. The fourth-order valence-electron chi connectivity index (χ4n) is 0.952. The van der Waals surface area contributed by atoms with E-state index < -0.39 is 0 Å². The van der Waals surface area contributed by atoms with Gasteiger partial charge in [0.05, 0.1) is 0 Å². The molecule has 0 spiro atoms. The standard InChI is InChI=1S/C9H13N3S2/c1-2-12(9(10)13)11-6-5-8-4-3-7-14-8/h3-4,6-7H,2,5H2,1H3,(H2,10,13). The summed E-state index contributed by atoms with van der Waals surface area (Å²) >= 11 is 6.54. The summed E-state index contributed by atoms with van der Waals surface area (Å²) < 4.78 is 0. The average molecular weight is 227 g/mol. The van der Waals surface area contributed by atoms with Gasteiger partial charge in [-0.3, -0.25) is 0 Å². The molecule has 0 aromatic carbocycles. The molecular formula is C9H13N3S2. The molecule has 0 saturated heterocycles. The maximum atomic E-state index is 5.45. The predicted octanol–water partition coefficient (Wildman–Crippen LogP) is 1.84. The second kappa shape index (κ2) is 5.72. The lowest BCUT2D eigenvalue weighted by molar-refractivity contribution is 0.476. The van der Waals surface area contributed by atoms with Crippen molar-refractivity contribution in [2.45, 2.75) is 13.3 Å². The van der Waals surface area contributed by atoms with Gasteiger partial charge in [0.1, 0.15) is 0 Å². The van der Waals surface area contributed by atoms with Crippen LogP contribution in [0, 0.1) is 0 Å². The van der Waals surface area contributed by atoms with Gasteiger partial charge in [-0.1, -0.05) is 6.07 Å². The number of thiocarbonyl (C=S) groups is 1. The van der Waals surface area contributed by atoms with Crippen LogP contribution in [0.3, 0.4) is 0 Å². The summed E-state index contributed by atoms with van der Waals surface area (Å²) in [4.78, 5) is 1.28. The third-order valence-corrected chi connectivity index (χ3v) is 2.76. The van der Waals surface area contributed by atoms with Crippen molar-refractivity contribution in [3.05, 3.63) is 22.4 Å². The Labute approximate surface area is 93.2 Å². The summed E-state index contributed by atoms with van der Waals surface area (Å²) in [5, 5.41) is 8.13. The normalized spacial score (nSPS) is 10.6. The second-order valence-electron chi connectivity index (χ2n) is 2.64. The summed E-state index contributed by atoms with van der Waals surface area (Å²) in [5.41, 5.74) is 5.45. The number of hydrogen-bond acceptors (Lipinski definition) is 3. The Balaban J connectivity index is 2.43. The van der Waals surface area contributed by atoms with E-state index >= 15 is 0 Å². The van der Waals surface area contributed by atoms with Crippen LogP contribution in [-0.4, -0.2) is 22.9 Å². The summed E-state index contributed by atoms with van der Waals surface area (Å²) in [6, 6.07) is 4.10. The molecule has 1 aromatic heterocycles. The van der Waals surface area contributed by atoms with Crippen molar-refractivity contribution < 1.29 is 0 Å². The van der Waals surface area contributed by atoms with Crippen molar-refractivity contribution in [3.8, 4) is 0 Å². The first kappa shape index (κ1) is 11.1. The van der Waals surface area contributed by atoms with E-state index in [0.717, 1.165) is 6.42 Å². The molecule has 0 atom stereocenters. The third-order valence-electron chi connectivity index (χ3n) is 1.65. The largest absolute Gasteiger partial charge is 0.375 e. The molecule has 0 amide bonds. The van der Waals surface area contributed by atoms with Gasteiger partial charge in [-0.2, -0.15) is 5.10 Å². The lowest BCUT2D eigenvalue weighted by Crippen LogP contribution is -2.30. The van der Waals surface area contributed by atoms with E-state index in [2.05, 4.69) is 11.2 Å². The van der Waals surface area contributed by atoms with E-state index in [1.165, 1.54) is 4.88 Å². The molecule has 0 aliphatic rings. The minimum Gasteiger partial charge on any atom is -0.375 e. The van der Waals surface area contributed by atoms with Gasteiger partial charge in [0.25, 0.3) is 0 Å². The van der Waals surface area contributed by atoms with Gasteiger partial charge in [-0.05, 0) is 30.6 Å². The smallest absolute Gasteiger partial charge is 0.186 e. The first-order valence-corrected chi connectivity index (χ1v) is 5.64. The minimum absolute atomic E-state index is 0.315. The number of hydrazone groups is 1. The van der Waals surface area contributed by atoms with Gasteiger partial charge in [0.15, 0.2) is 5.11 Å². The van der Waals surface area contributed by atoms with Crippen molar-refractivity contribution in [1.82, 2.24) is 5.01 Å². The van der Waals surface area contributed by atoms with Crippen LogP contribution < -0.4 is 5.73 Å². The molecule has 0 saturated carbocycles. The third kappa shape index (κ3) is 3.43. The quantitative estimate of drug-likeness (QED) is 0.485. The Morgan fingerprint density at radius 3 is 3.07 bits per heavy atom. The van der Waals surface area contributed by atoms with Crippen LogP contribution >= 0.6 is 23.6 Å². The van der Waals surface area contributed by atoms with Gasteiger partial charge >= 0.3 is 0 Å². The van der Waals surface area contributed by atoms with Crippen LogP contribution in [0.1, 0.15) is 11.8 Å². The summed E-state index contributed by atoms with van der Waals surface area (Å²) in [6.45, 7) is 2.66. The molecule has 0 aliphatic carbocycles. The van der Waals surface area contributed by atoms with Crippen LogP contribution in [0.25, 0.3) is 0 Å². The number of hydrogen-bond donors (Lipinski definition) is 1. The molecule has 1 rings (SSSR count). The fourth-order valence-corrected chi connectivity index (χ4v) is 1.79. The van der Waals surface area contributed by atoms with E-state index in [1.807, 2.05) is 24.6 Å². The zero-order valence-corrected chi connectivity index (χ0v) is 9.64. The minimum atomic E-state index is 0.315. The molecule has 14 heavy (non-hydrogen) atoms. The van der Waals surface area contributed by atoms with Gasteiger partial charge in [-0.15, -0.1) is 11.3 Å². The van der Waals surface area contributed by atoms with E-state index in [0.29, 0.717) is 11.7 Å². The molecule has 1 aromatic rings. The Morgan fingerprint density at radius 2 is 2.57 bits per heavy atom. The van der Waals surface area contributed by atoms with E-state index in [-0.39, 0.29) is 0 Å². The highest BCUT2D eigenvalue weighted by atomic mass is 32.1. The highest BCUT2D eigenvalue weighted by molar-refractivity contribution is 7.80. The van der Waals surface area contributed by atoms with Crippen LogP contribution in [0.4, 0.5) is 0 Å². The van der Waals surface area contributed by atoms with Crippen LogP contribution in [0.15, 0.2) is 22.6 Å².